The topological polar surface area (TPSA) is 45.0 Å². The van der Waals surface area contributed by atoms with Crippen LogP contribution in [0.4, 0.5) is 5.69 Å². The van der Waals surface area contributed by atoms with Crippen LogP contribution in [-0.2, 0) is 4.74 Å². The van der Waals surface area contributed by atoms with Gasteiger partial charge < -0.3 is 10.1 Å². The molecule has 1 saturated heterocycles. The lowest BCUT2D eigenvalue weighted by molar-refractivity contribution is 0.0658. The van der Waals surface area contributed by atoms with E-state index in [9.17, 15) is 0 Å². The molecule has 1 aliphatic heterocycles. The summed E-state index contributed by atoms with van der Waals surface area (Å²) in [7, 11) is 0. The zero-order chi connectivity index (χ0) is 12.3. The van der Waals surface area contributed by atoms with Crippen LogP contribution in [0.15, 0.2) is 22.7 Å². The molecule has 0 amide bonds. The van der Waals surface area contributed by atoms with Gasteiger partial charge in [0.05, 0.1) is 11.6 Å². The third-order valence-corrected chi connectivity index (χ3v) is 3.79. The molecule has 0 saturated carbocycles. The molecule has 1 aromatic rings. The Morgan fingerprint density at radius 2 is 2.12 bits per heavy atom. The summed E-state index contributed by atoms with van der Waals surface area (Å²) < 4.78 is 6.31. The molecule has 0 aromatic heterocycles. The van der Waals surface area contributed by atoms with Gasteiger partial charge >= 0.3 is 0 Å². The zero-order valence-electron chi connectivity index (χ0n) is 9.79. The Labute approximate surface area is 110 Å². The first-order chi connectivity index (χ1) is 8.13. The van der Waals surface area contributed by atoms with Crippen molar-refractivity contribution in [3.05, 3.63) is 28.2 Å². The molecule has 0 bridgehead atoms. The third-order valence-electron chi connectivity index (χ3n) is 3.13. The Morgan fingerprint density at radius 3 is 2.71 bits per heavy atom. The lowest BCUT2D eigenvalue weighted by Crippen LogP contribution is -2.40. The number of hydrogen-bond donors (Lipinski definition) is 1. The van der Waals surface area contributed by atoms with Crippen LogP contribution in [0.5, 0.6) is 0 Å². The van der Waals surface area contributed by atoms with E-state index in [2.05, 4.69) is 34.2 Å². The summed E-state index contributed by atoms with van der Waals surface area (Å²) >= 11 is 3.49. The largest absolute Gasteiger partial charge is 0.381 e. The highest BCUT2D eigenvalue weighted by Crippen LogP contribution is 2.30. The molecule has 90 valence electrons. The van der Waals surface area contributed by atoms with Crippen LogP contribution in [0.25, 0.3) is 0 Å². The van der Waals surface area contributed by atoms with Crippen molar-refractivity contribution in [2.75, 3.05) is 18.5 Å². The lowest BCUT2D eigenvalue weighted by atomic mass is 9.92. The van der Waals surface area contributed by atoms with E-state index >= 15 is 0 Å². The van der Waals surface area contributed by atoms with Gasteiger partial charge in [0.1, 0.15) is 0 Å². The van der Waals surface area contributed by atoms with Gasteiger partial charge in [0.25, 0.3) is 0 Å². The maximum Gasteiger partial charge on any atom is 0.0992 e. The maximum atomic E-state index is 8.82. The fraction of sp³-hybridized carbons (Fsp3) is 0.462. The van der Waals surface area contributed by atoms with E-state index in [4.69, 9.17) is 10.00 Å². The summed E-state index contributed by atoms with van der Waals surface area (Å²) in [5.74, 6) is 0. The number of nitrogens with one attached hydrogen (secondary N) is 1. The molecule has 1 heterocycles. The van der Waals surface area contributed by atoms with E-state index in [1.807, 2.05) is 18.2 Å². The van der Waals surface area contributed by atoms with Gasteiger partial charge in [0, 0.05) is 28.9 Å². The van der Waals surface area contributed by atoms with Crippen LogP contribution in [0.2, 0.25) is 0 Å². The van der Waals surface area contributed by atoms with E-state index in [1.54, 1.807) is 0 Å². The first-order valence-corrected chi connectivity index (χ1v) is 6.48. The summed E-state index contributed by atoms with van der Waals surface area (Å²) in [5.41, 5.74) is 1.78. The van der Waals surface area contributed by atoms with Crippen molar-refractivity contribution in [2.24, 2.45) is 0 Å². The summed E-state index contributed by atoms with van der Waals surface area (Å²) in [6.45, 7) is 3.81. The molecule has 1 aromatic carbocycles. The predicted octanol–water partition coefficient (Wildman–Crippen LogP) is 3.30. The van der Waals surface area contributed by atoms with Crippen LogP contribution in [0.3, 0.4) is 0 Å². The molecule has 1 aliphatic rings. The molecule has 1 fully saturated rings. The minimum atomic E-state index is 0.0783. The highest BCUT2D eigenvalue weighted by Gasteiger charge is 2.27. The standard InChI is InChI=1S/C13H15BrN2O/c1-13(4-6-17-7-5-13)16-12-3-2-10(9-15)8-11(12)14/h2-3,8,16H,4-7H2,1H3. The molecule has 0 spiro atoms. The molecule has 2 rings (SSSR count). The third kappa shape index (κ3) is 2.99. The molecule has 1 N–H and O–H groups in total. The molecule has 0 aliphatic carbocycles. The number of anilines is 1. The van der Waals surface area contributed by atoms with Crippen molar-refractivity contribution in [1.82, 2.24) is 0 Å². The van der Waals surface area contributed by atoms with Crippen molar-refractivity contribution in [2.45, 2.75) is 25.3 Å². The molecule has 0 unspecified atom stereocenters. The monoisotopic (exact) mass is 294 g/mol. The second kappa shape index (κ2) is 5.07. The van der Waals surface area contributed by atoms with Gasteiger partial charge in [-0.15, -0.1) is 0 Å². The minimum absolute atomic E-state index is 0.0783. The Morgan fingerprint density at radius 1 is 1.41 bits per heavy atom. The van der Waals surface area contributed by atoms with Crippen molar-refractivity contribution in [1.29, 1.82) is 5.26 Å². The van der Waals surface area contributed by atoms with Crippen LogP contribution < -0.4 is 5.32 Å². The number of hydrogen-bond acceptors (Lipinski definition) is 3. The van der Waals surface area contributed by atoms with Crippen LogP contribution >= 0.6 is 15.9 Å². The quantitative estimate of drug-likeness (QED) is 0.910. The summed E-state index contributed by atoms with van der Waals surface area (Å²) in [6, 6.07) is 7.75. The van der Waals surface area contributed by atoms with Gasteiger partial charge in [-0.2, -0.15) is 5.26 Å². The Bertz CT molecular complexity index is 447. The van der Waals surface area contributed by atoms with E-state index < -0.39 is 0 Å². The molecule has 4 heteroatoms. The normalized spacial score (nSPS) is 18.4. The molecule has 3 nitrogen and oxygen atoms in total. The molecular formula is C13H15BrN2O. The number of halogens is 1. The molecule has 0 radical (unpaired) electrons. The number of ether oxygens (including phenoxy) is 1. The Balaban J connectivity index is 2.15. The number of rotatable bonds is 2. The van der Waals surface area contributed by atoms with Crippen LogP contribution in [-0.4, -0.2) is 18.8 Å². The minimum Gasteiger partial charge on any atom is -0.381 e. The number of nitriles is 1. The number of benzene rings is 1. The molecular weight excluding hydrogens is 280 g/mol. The summed E-state index contributed by atoms with van der Waals surface area (Å²) in [6.07, 6.45) is 2.00. The summed E-state index contributed by atoms with van der Waals surface area (Å²) in [4.78, 5) is 0. The van der Waals surface area contributed by atoms with Gasteiger partial charge in [0.15, 0.2) is 0 Å². The van der Waals surface area contributed by atoms with Gasteiger partial charge in [-0.3, -0.25) is 0 Å². The van der Waals surface area contributed by atoms with E-state index in [0.717, 1.165) is 36.2 Å². The zero-order valence-corrected chi connectivity index (χ0v) is 11.4. The average molecular weight is 295 g/mol. The second-order valence-electron chi connectivity index (χ2n) is 4.60. The smallest absolute Gasteiger partial charge is 0.0992 e. The highest BCUT2D eigenvalue weighted by atomic mass is 79.9. The van der Waals surface area contributed by atoms with Crippen molar-refractivity contribution >= 4 is 21.6 Å². The van der Waals surface area contributed by atoms with Gasteiger partial charge in [-0.1, -0.05) is 0 Å². The fourth-order valence-corrected chi connectivity index (χ4v) is 2.44. The van der Waals surface area contributed by atoms with Gasteiger partial charge in [-0.05, 0) is 53.9 Å². The average Bonchev–Trinajstić information content (AvgIpc) is 2.32. The Hall–Kier alpha value is -1.05. The Kier molecular flexibility index (Phi) is 3.70. The van der Waals surface area contributed by atoms with Crippen molar-refractivity contribution in [3.8, 4) is 6.07 Å². The maximum absolute atomic E-state index is 8.82. The highest BCUT2D eigenvalue weighted by molar-refractivity contribution is 9.10. The van der Waals surface area contributed by atoms with E-state index in [-0.39, 0.29) is 5.54 Å². The van der Waals surface area contributed by atoms with Crippen molar-refractivity contribution < 1.29 is 4.74 Å². The SMILES string of the molecule is CC1(Nc2ccc(C#N)cc2Br)CCOCC1. The molecule has 17 heavy (non-hydrogen) atoms. The van der Waals surface area contributed by atoms with E-state index in [0.29, 0.717) is 5.56 Å². The summed E-state index contributed by atoms with van der Waals surface area (Å²) in [5, 5.41) is 12.4. The van der Waals surface area contributed by atoms with Crippen LogP contribution in [0.1, 0.15) is 25.3 Å². The lowest BCUT2D eigenvalue weighted by Gasteiger charge is -2.35. The van der Waals surface area contributed by atoms with E-state index in [1.165, 1.54) is 0 Å². The first-order valence-electron chi connectivity index (χ1n) is 5.69. The van der Waals surface area contributed by atoms with Crippen LogP contribution in [0, 0.1) is 11.3 Å². The molecule has 0 atom stereocenters. The predicted molar refractivity (Wildman–Crippen MR) is 70.9 cm³/mol. The number of nitrogens with zero attached hydrogens (tertiary/aromatic N) is 1. The van der Waals surface area contributed by atoms with Crippen molar-refractivity contribution in [3.63, 3.8) is 0 Å². The second-order valence-corrected chi connectivity index (χ2v) is 5.46. The van der Waals surface area contributed by atoms with Gasteiger partial charge in [-0.25, -0.2) is 0 Å². The first kappa shape index (κ1) is 12.4. The van der Waals surface area contributed by atoms with Gasteiger partial charge in [0.2, 0.25) is 0 Å². The fourth-order valence-electron chi connectivity index (χ4n) is 1.96.